The zero-order valence-electron chi connectivity index (χ0n) is 6.08. The molecule has 0 bridgehead atoms. The maximum absolute atomic E-state index is 8.59. The molecule has 0 heterocycles. The second-order valence-electron chi connectivity index (χ2n) is 2.83. The fourth-order valence-corrected chi connectivity index (χ4v) is 1.45. The van der Waals surface area contributed by atoms with E-state index in [9.17, 15) is 0 Å². The summed E-state index contributed by atoms with van der Waals surface area (Å²) < 4.78 is 0. The Morgan fingerprint density at radius 2 is 2.30 bits per heavy atom. The minimum absolute atomic E-state index is 0.240. The lowest BCUT2D eigenvalue weighted by Gasteiger charge is -2.20. The first-order valence-electron chi connectivity index (χ1n) is 3.72. The lowest BCUT2D eigenvalue weighted by molar-refractivity contribution is 0.381. The Hall–Kier alpha value is -0.840. The van der Waals surface area contributed by atoms with Gasteiger partial charge < -0.3 is 0 Å². The molecule has 0 saturated heterocycles. The number of nitrogens with zero attached hydrogens (tertiary/aromatic N) is 2. The standard InChI is InChI=1S/C8H12N2/c1-10-8-4-2-3-7(5-8)6-9/h7-8H,1-5H2/t7-,8-/m0/s1. The SMILES string of the molecule is C=N[C@H]1CCC[C@H](C#N)C1. The molecule has 0 aromatic rings. The number of rotatable bonds is 1. The Kier molecular flexibility index (Phi) is 2.44. The monoisotopic (exact) mass is 136 g/mol. The van der Waals surface area contributed by atoms with E-state index < -0.39 is 0 Å². The molecule has 0 aromatic heterocycles. The maximum Gasteiger partial charge on any atom is 0.0656 e. The minimum Gasteiger partial charge on any atom is -0.298 e. The van der Waals surface area contributed by atoms with Crippen LogP contribution in [0.2, 0.25) is 0 Å². The van der Waals surface area contributed by atoms with Crippen LogP contribution in [0.4, 0.5) is 0 Å². The number of hydrogen-bond donors (Lipinski definition) is 0. The van der Waals surface area contributed by atoms with Crippen LogP contribution < -0.4 is 0 Å². The van der Waals surface area contributed by atoms with Crippen molar-refractivity contribution in [1.29, 1.82) is 5.26 Å². The van der Waals surface area contributed by atoms with Crippen LogP contribution in [0.1, 0.15) is 25.7 Å². The van der Waals surface area contributed by atoms with Gasteiger partial charge in [-0.15, -0.1) is 0 Å². The summed E-state index contributed by atoms with van der Waals surface area (Å²) in [4.78, 5) is 3.94. The van der Waals surface area contributed by atoms with Gasteiger partial charge in [-0.25, -0.2) is 0 Å². The third kappa shape index (κ3) is 1.57. The molecule has 1 fully saturated rings. The Labute approximate surface area is 61.6 Å². The van der Waals surface area contributed by atoms with E-state index in [1.807, 2.05) is 0 Å². The molecule has 54 valence electrons. The lowest BCUT2D eigenvalue weighted by atomic mass is 9.87. The molecule has 1 saturated carbocycles. The largest absolute Gasteiger partial charge is 0.298 e. The summed E-state index contributed by atoms with van der Waals surface area (Å²) in [6, 6.07) is 2.64. The molecule has 2 heteroatoms. The van der Waals surface area contributed by atoms with Gasteiger partial charge in [-0.3, -0.25) is 4.99 Å². The van der Waals surface area contributed by atoms with Crippen LogP contribution in [0, 0.1) is 17.2 Å². The summed E-state index contributed by atoms with van der Waals surface area (Å²) in [6.07, 6.45) is 4.26. The van der Waals surface area contributed by atoms with Crippen LogP contribution >= 0.6 is 0 Å². The van der Waals surface area contributed by atoms with E-state index in [4.69, 9.17) is 5.26 Å². The molecule has 0 aromatic carbocycles. The van der Waals surface area contributed by atoms with Gasteiger partial charge in [0.25, 0.3) is 0 Å². The van der Waals surface area contributed by atoms with Gasteiger partial charge >= 0.3 is 0 Å². The quantitative estimate of drug-likeness (QED) is 0.506. The van der Waals surface area contributed by atoms with Crippen LogP contribution in [0.5, 0.6) is 0 Å². The molecule has 0 aliphatic heterocycles. The van der Waals surface area contributed by atoms with Crippen molar-refractivity contribution in [3.8, 4) is 6.07 Å². The average Bonchev–Trinajstić information content (AvgIpc) is 2.05. The molecule has 2 atom stereocenters. The van der Waals surface area contributed by atoms with Crippen LogP contribution in [0.3, 0.4) is 0 Å². The lowest BCUT2D eigenvalue weighted by Crippen LogP contribution is -2.16. The van der Waals surface area contributed by atoms with E-state index in [1.165, 1.54) is 0 Å². The summed E-state index contributed by atoms with van der Waals surface area (Å²) in [5, 5.41) is 8.59. The highest BCUT2D eigenvalue weighted by molar-refractivity contribution is 5.24. The highest BCUT2D eigenvalue weighted by atomic mass is 14.7. The predicted molar refractivity (Wildman–Crippen MR) is 40.9 cm³/mol. The van der Waals surface area contributed by atoms with Gasteiger partial charge in [0.05, 0.1) is 12.1 Å². The third-order valence-electron chi connectivity index (χ3n) is 2.09. The van der Waals surface area contributed by atoms with E-state index in [2.05, 4.69) is 17.8 Å². The van der Waals surface area contributed by atoms with E-state index in [0.29, 0.717) is 6.04 Å². The van der Waals surface area contributed by atoms with Crippen molar-refractivity contribution in [3.05, 3.63) is 0 Å². The predicted octanol–water partition coefficient (Wildman–Crippen LogP) is 1.77. The molecule has 0 N–H and O–H groups in total. The van der Waals surface area contributed by atoms with Gasteiger partial charge in [-0.1, -0.05) is 6.42 Å². The fourth-order valence-electron chi connectivity index (χ4n) is 1.45. The van der Waals surface area contributed by atoms with Crippen molar-refractivity contribution in [2.75, 3.05) is 0 Å². The molecule has 0 unspecified atom stereocenters. The highest BCUT2D eigenvalue weighted by Crippen LogP contribution is 2.25. The molecule has 0 amide bonds. The summed E-state index contributed by atoms with van der Waals surface area (Å²) in [5.74, 6) is 0.240. The van der Waals surface area contributed by atoms with Crippen LogP contribution in [0.25, 0.3) is 0 Å². The van der Waals surface area contributed by atoms with Gasteiger partial charge in [0, 0.05) is 5.92 Å². The fraction of sp³-hybridized carbons (Fsp3) is 0.750. The van der Waals surface area contributed by atoms with E-state index in [0.717, 1.165) is 25.7 Å². The Bertz CT molecular complexity index is 157. The second-order valence-corrected chi connectivity index (χ2v) is 2.83. The third-order valence-corrected chi connectivity index (χ3v) is 2.09. The average molecular weight is 136 g/mol. The smallest absolute Gasteiger partial charge is 0.0656 e. The molecule has 1 aliphatic rings. The molecular formula is C8H12N2. The molecule has 0 radical (unpaired) electrons. The van der Waals surface area contributed by atoms with Gasteiger partial charge in [0.15, 0.2) is 0 Å². The number of aliphatic imine (C=N–C) groups is 1. The van der Waals surface area contributed by atoms with Crippen molar-refractivity contribution >= 4 is 6.72 Å². The summed E-state index contributed by atoms with van der Waals surface area (Å²) in [7, 11) is 0. The van der Waals surface area contributed by atoms with E-state index in [-0.39, 0.29) is 5.92 Å². The van der Waals surface area contributed by atoms with Crippen molar-refractivity contribution in [3.63, 3.8) is 0 Å². The first-order valence-corrected chi connectivity index (χ1v) is 3.72. The summed E-state index contributed by atoms with van der Waals surface area (Å²) in [6.45, 7) is 3.49. The summed E-state index contributed by atoms with van der Waals surface area (Å²) in [5.41, 5.74) is 0. The van der Waals surface area contributed by atoms with Crippen molar-refractivity contribution < 1.29 is 0 Å². The zero-order chi connectivity index (χ0) is 7.40. The molecule has 1 rings (SSSR count). The minimum atomic E-state index is 0.240. The molecule has 2 nitrogen and oxygen atoms in total. The highest BCUT2D eigenvalue weighted by Gasteiger charge is 2.19. The molecule has 10 heavy (non-hydrogen) atoms. The van der Waals surface area contributed by atoms with Crippen LogP contribution in [0.15, 0.2) is 4.99 Å². The van der Waals surface area contributed by atoms with E-state index in [1.54, 1.807) is 0 Å². The van der Waals surface area contributed by atoms with E-state index >= 15 is 0 Å². The van der Waals surface area contributed by atoms with Gasteiger partial charge in [-0.05, 0) is 26.0 Å². The first-order chi connectivity index (χ1) is 4.86. The molecule has 0 spiro atoms. The van der Waals surface area contributed by atoms with Crippen molar-refractivity contribution in [1.82, 2.24) is 0 Å². The van der Waals surface area contributed by atoms with Crippen molar-refractivity contribution in [2.24, 2.45) is 10.9 Å². The Morgan fingerprint density at radius 1 is 1.50 bits per heavy atom. The van der Waals surface area contributed by atoms with Crippen LogP contribution in [-0.4, -0.2) is 12.8 Å². The topological polar surface area (TPSA) is 36.1 Å². The number of hydrogen-bond acceptors (Lipinski definition) is 2. The Balaban J connectivity index is 2.40. The van der Waals surface area contributed by atoms with Gasteiger partial charge in [-0.2, -0.15) is 5.26 Å². The second kappa shape index (κ2) is 3.36. The molecular weight excluding hydrogens is 124 g/mol. The molecule has 1 aliphatic carbocycles. The van der Waals surface area contributed by atoms with Crippen molar-refractivity contribution in [2.45, 2.75) is 31.7 Å². The van der Waals surface area contributed by atoms with Gasteiger partial charge in [0.2, 0.25) is 0 Å². The van der Waals surface area contributed by atoms with Crippen LogP contribution in [-0.2, 0) is 0 Å². The zero-order valence-corrected chi connectivity index (χ0v) is 6.08. The normalized spacial score (nSPS) is 32.7. The Morgan fingerprint density at radius 3 is 2.90 bits per heavy atom. The maximum atomic E-state index is 8.59. The summed E-state index contributed by atoms with van der Waals surface area (Å²) >= 11 is 0. The first kappa shape index (κ1) is 7.27. The van der Waals surface area contributed by atoms with Gasteiger partial charge in [0.1, 0.15) is 0 Å². The number of nitriles is 1.